The predicted octanol–water partition coefficient (Wildman–Crippen LogP) is 3.90. The Morgan fingerprint density at radius 3 is 2.34 bits per heavy atom. The van der Waals surface area contributed by atoms with Crippen molar-refractivity contribution >= 4 is 23.5 Å². The van der Waals surface area contributed by atoms with Crippen molar-refractivity contribution in [3.05, 3.63) is 70.8 Å². The Morgan fingerprint density at radius 2 is 1.79 bits per heavy atom. The van der Waals surface area contributed by atoms with Gasteiger partial charge in [-0.15, -0.1) is 6.58 Å². The van der Waals surface area contributed by atoms with Gasteiger partial charge in [-0.25, -0.2) is 0 Å². The molecule has 0 aromatic heterocycles. The molecule has 0 unspecified atom stereocenters. The standard InChI is InChI=1S/C22H24ClNO5/c1-5-6-16-11-17(12-19(27-2)21(16)29-4)22(26)24(14-20(25)28-3)13-15-7-9-18(23)10-8-15/h5,7-12H,1,6,13-14H2,2-4H3. The minimum atomic E-state index is -0.515. The second-order valence-electron chi connectivity index (χ2n) is 6.23. The maximum atomic E-state index is 13.3. The van der Waals surface area contributed by atoms with Crippen molar-refractivity contribution in [1.29, 1.82) is 0 Å². The smallest absolute Gasteiger partial charge is 0.325 e. The second kappa shape index (κ2) is 10.5. The van der Waals surface area contributed by atoms with Gasteiger partial charge in [0.15, 0.2) is 11.5 Å². The molecule has 1 amide bonds. The molecule has 7 heteroatoms. The quantitative estimate of drug-likeness (QED) is 0.457. The van der Waals surface area contributed by atoms with Crippen molar-refractivity contribution in [3.8, 4) is 11.5 Å². The first-order valence-electron chi connectivity index (χ1n) is 8.89. The summed E-state index contributed by atoms with van der Waals surface area (Å²) in [7, 11) is 4.33. The van der Waals surface area contributed by atoms with E-state index in [1.807, 2.05) is 0 Å². The molecule has 0 aliphatic carbocycles. The van der Waals surface area contributed by atoms with Gasteiger partial charge < -0.3 is 19.1 Å². The average molecular weight is 418 g/mol. The third-order valence-corrected chi connectivity index (χ3v) is 4.54. The van der Waals surface area contributed by atoms with E-state index in [9.17, 15) is 9.59 Å². The molecule has 0 aliphatic rings. The SMILES string of the molecule is C=CCc1cc(C(=O)N(CC(=O)OC)Cc2ccc(Cl)cc2)cc(OC)c1OC. The fraction of sp³-hybridized carbons (Fsp3) is 0.273. The maximum Gasteiger partial charge on any atom is 0.325 e. The average Bonchev–Trinajstić information content (AvgIpc) is 2.73. The van der Waals surface area contributed by atoms with E-state index in [1.165, 1.54) is 26.2 Å². The Hall–Kier alpha value is -2.99. The molecule has 29 heavy (non-hydrogen) atoms. The third kappa shape index (κ3) is 5.74. The Labute approximate surface area is 175 Å². The lowest BCUT2D eigenvalue weighted by Gasteiger charge is -2.23. The minimum absolute atomic E-state index is 0.191. The fourth-order valence-electron chi connectivity index (χ4n) is 2.89. The van der Waals surface area contributed by atoms with Crippen LogP contribution in [0.3, 0.4) is 0 Å². The highest BCUT2D eigenvalue weighted by atomic mass is 35.5. The van der Waals surface area contributed by atoms with Crippen LogP contribution in [0.2, 0.25) is 5.02 Å². The van der Waals surface area contributed by atoms with Crippen LogP contribution in [0.4, 0.5) is 0 Å². The van der Waals surface area contributed by atoms with Crippen molar-refractivity contribution in [2.75, 3.05) is 27.9 Å². The Kier molecular flexibility index (Phi) is 8.09. The van der Waals surface area contributed by atoms with Crippen LogP contribution in [0.25, 0.3) is 0 Å². The zero-order chi connectivity index (χ0) is 21.4. The number of carbonyl (C=O) groups is 2. The first kappa shape index (κ1) is 22.3. The number of halogens is 1. The molecule has 2 aromatic carbocycles. The van der Waals surface area contributed by atoms with Gasteiger partial charge in [-0.05, 0) is 36.2 Å². The molecule has 2 aromatic rings. The van der Waals surface area contributed by atoms with Gasteiger partial charge in [-0.3, -0.25) is 9.59 Å². The number of esters is 1. The van der Waals surface area contributed by atoms with Gasteiger partial charge in [-0.1, -0.05) is 29.8 Å². The van der Waals surface area contributed by atoms with E-state index in [-0.39, 0.29) is 19.0 Å². The number of ether oxygens (including phenoxy) is 3. The number of hydrogen-bond acceptors (Lipinski definition) is 5. The van der Waals surface area contributed by atoms with Crippen LogP contribution in [-0.2, 0) is 22.5 Å². The van der Waals surface area contributed by atoms with Gasteiger partial charge in [-0.2, -0.15) is 0 Å². The number of carbonyl (C=O) groups excluding carboxylic acids is 2. The van der Waals surface area contributed by atoms with Crippen LogP contribution < -0.4 is 9.47 Å². The summed E-state index contributed by atoms with van der Waals surface area (Å²) in [6.07, 6.45) is 2.21. The largest absolute Gasteiger partial charge is 0.493 e. The lowest BCUT2D eigenvalue weighted by Crippen LogP contribution is -2.35. The van der Waals surface area contributed by atoms with Gasteiger partial charge in [0.1, 0.15) is 6.54 Å². The summed E-state index contributed by atoms with van der Waals surface area (Å²) >= 11 is 5.93. The van der Waals surface area contributed by atoms with Crippen LogP contribution in [0.1, 0.15) is 21.5 Å². The van der Waals surface area contributed by atoms with Crippen molar-refractivity contribution in [3.63, 3.8) is 0 Å². The highest BCUT2D eigenvalue weighted by Crippen LogP contribution is 2.33. The summed E-state index contributed by atoms with van der Waals surface area (Å²) in [5, 5.41) is 0.591. The number of hydrogen-bond donors (Lipinski definition) is 0. The van der Waals surface area contributed by atoms with Crippen LogP contribution in [0.15, 0.2) is 49.1 Å². The molecule has 2 rings (SSSR count). The van der Waals surface area contributed by atoms with E-state index >= 15 is 0 Å². The number of benzene rings is 2. The highest BCUT2D eigenvalue weighted by Gasteiger charge is 2.23. The zero-order valence-corrected chi connectivity index (χ0v) is 17.5. The van der Waals surface area contributed by atoms with E-state index in [1.54, 1.807) is 42.5 Å². The lowest BCUT2D eigenvalue weighted by atomic mass is 10.0. The summed E-state index contributed by atoms with van der Waals surface area (Å²) in [4.78, 5) is 26.6. The summed E-state index contributed by atoms with van der Waals surface area (Å²) in [6.45, 7) is 3.77. The van der Waals surface area contributed by atoms with Crippen molar-refractivity contribution < 1.29 is 23.8 Å². The topological polar surface area (TPSA) is 65.1 Å². The molecule has 0 saturated heterocycles. The van der Waals surface area contributed by atoms with Gasteiger partial charge in [0, 0.05) is 22.7 Å². The molecule has 0 bridgehead atoms. The molecule has 0 N–H and O–H groups in total. The van der Waals surface area contributed by atoms with E-state index in [4.69, 9.17) is 25.8 Å². The van der Waals surface area contributed by atoms with Crippen LogP contribution in [-0.4, -0.2) is 44.7 Å². The molecular weight excluding hydrogens is 394 g/mol. The molecule has 0 atom stereocenters. The predicted molar refractivity (Wildman–Crippen MR) is 112 cm³/mol. The highest BCUT2D eigenvalue weighted by molar-refractivity contribution is 6.30. The minimum Gasteiger partial charge on any atom is -0.493 e. The van der Waals surface area contributed by atoms with Crippen LogP contribution in [0, 0.1) is 0 Å². The molecule has 0 fully saturated rings. The van der Waals surface area contributed by atoms with Gasteiger partial charge in [0.2, 0.25) is 0 Å². The number of methoxy groups -OCH3 is 3. The molecule has 0 spiro atoms. The summed E-state index contributed by atoms with van der Waals surface area (Å²) in [5.74, 6) is 0.122. The maximum absolute atomic E-state index is 13.3. The molecule has 6 nitrogen and oxygen atoms in total. The van der Waals surface area contributed by atoms with Crippen molar-refractivity contribution in [1.82, 2.24) is 4.90 Å². The van der Waals surface area contributed by atoms with Crippen LogP contribution in [0.5, 0.6) is 11.5 Å². The van der Waals surface area contributed by atoms with E-state index in [0.717, 1.165) is 11.1 Å². The fourth-order valence-corrected chi connectivity index (χ4v) is 3.01. The molecule has 154 valence electrons. The number of rotatable bonds is 9. The Bertz CT molecular complexity index is 880. The monoisotopic (exact) mass is 417 g/mol. The normalized spacial score (nSPS) is 10.2. The molecule has 0 aliphatic heterocycles. The number of allylic oxidation sites excluding steroid dienone is 1. The zero-order valence-electron chi connectivity index (χ0n) is 16.7. The summed E-state index contributed by atoms with van der Waals surface area (Å²) < 4.78 is 15.6. The van der Waals surface area contributed by atoms with E-state index < -0.39 is 5.97 Å². The van der Waals surface area contributed by atoms with Gasteiger partial charge >= 0.3 is 5.97 Å². The van der Waals surface area contributed by atoms with Crippen molar-refractivity contribution in [2.24, 2.45) is 0 Å². The number of amides is 1. The van der Waals surface area contributed by atoms with Gasteiger partial charge in [0.25, 0.3) is 5.91 Å². The third-order valence-electron chi connectivity index (χ3n) is 4.29. The molecule has 0 radical (unpaired) electrons. The molecular formula is C22H24ClNO5. The van der Waals surface area contributed by atoms with E-state index in [2.05, 4.69) is 6.58 Å². The van der Waals surface area contributed by atoms with Gasteiger partial charge in [0.05, 0.1) is 21.3 Å². The lowest BCUT2D eigenvalue weighted by molar-refractivity contribution is -0.141. The number of nitrogens with zero attached hydrogens (tertiary/aromatic N) is 1. The second-order valence-corrected chi connectivity index (χ2v) is 6.66. The van der Waals surface area contributed by atoms with E-state index in [0.29, 0.717) is 28.5 Å². The summed E-state index contributed by atoms with van der Waals surface area (Å²) in [5.41, 5.74) is 1.96. The molecule has 0 saturated carbocycles. The Morgan fingerprint density at radius 1 is 1.10 bits per heavy atom. The first-order valence-corrected chi connectivity index (χ1v) is 9.27. The first-order chi connectivity index (χ1) is 13.9. The van der Waals surface area contributed by atoms with Crippen LogP contribution >= 0.6 is 11.6 Å². The van der Waals surface area contributed by atoms with Crippen molar-refractivity contribution in [2.45, 2.75) is 13.0 Å². The summed E-state index contributed by atoms with van der Waals surface area (Å²) in [6, 6.07) is 10.4. The Balaban J connectivity index is 2.43. The molecule has 0 heterocycles.